The molecule has 3 rings (SSSR count). The van der Waals surface area contributed by atoms with Crippen LogP contribution in [0.4, 0.5) is 0 Å². The third-order valence-electron chi connectivity index (χ3n) is 2.34. The highest BCUT2D eigenvalue weighted by Crippen LogP contribution is 2.31. The van der Waals surface area contributed by atoms with Crippen LogP contribution in [0.15, 0.2) is 18.3 Å². The Hall–Kier alpha value is -1.84. The summed E-state index contributed by atoms with van der Waals surface area (Å²) in [5, 5.41) is 8.07. The Kier molecular flexibility index (Phi) is 1.39. The summed E-state index contributed by atoms with van der Waals surface area (Å²) >= 11 is 0. The van der Waals surface area contributed by atoms with Crippen LogP contribution in [0.25, 0.3) is 11.3 Å². The topological polar surface area (TPSA) is 51.6 Å². The molecule has 4 heteroatoms. The first kappa shape index (κ1) is 7.55. The van der Waals surface area contributed by atoms with E-state index in [1.54, 1.807) is 6.20 Å². The van der Waals surface area contributed by atoms with Crippen LogP contribution >= 0.6 is 0 Å². The first-order valence-corrected chi connectivity index (χ1v) is 4.49. The number of nitrogens with zero attached hydrogens (tertiary/aromatic N) is 4. The minimum absolute atomic E-state index is 0.709. The summed E-state index contributed by atoms with van der Waals surface area (Å²) in [4.78, 5) is 8.68. The number of pyridine rings is 1. The third-order valence-corrected chi connectivity index (χ3v) is 2.34. The van der Waals surface area contributed by atoms with Crippen molar-refractivity contribution in [3.8, 4) is 11.3 Å². The molecule has 0 amide bonds. The lowest BCUT2D eigenvalue weighted by atomic mass is 10.2. The van der Waals surface area contributed by atoms with Crippen molar-refractivity contribution in [2.24, 2.45) is 0 Å². The minimum Gasteiger partial charge on any atom is -0.260 e. The van der Waals surface area contributed by atoms with E-state index in [4.69, 9.17) is 0 Å². The van der Waals surface area contributed by atoms with Crippen LogP contribution in [0.3, 0.4) is 0 Å². The average Bonchev–Trinajstić information content (AvgIpc) is 2.56. The van der Waals surface area contributed by atoms with Gasteiger partial charge in [-0.3, -0.25) is 4.98 Å². The fraction of sp³-hybridized carbons (Fsp3) is 0.200. The van der Waals surface area contributed by atoms with Gasteiger partial charge in [0.15, 0.2) is 0 Å². The van der Waals surface area contributed by atoms with Gasteiger partial charge in [-0.05, 0) is 19.1 Å². The normalized spacial score (nSPS) is 12.4. The number of hydrogen-bond acceptors (Lipinski definition) is 4. The van der Waals surface area contributed by atoms with Gasteiger partial charge in [-0.2, -0.15) is 5.10 Å². The number of rotatable bonds is 0. The SMILES string of the molecule is Cc1nnc2c(n1)-c1cccnc1C2. The largest absolute Gasteiger partial charge is 0.260 e. The van der Waals surface area contributed by atoms with Gasteiger partial charge >= 0.3 is 0 Å². The van der Waals surface area contributed by atoms with Gasteiger partial charge in [0.05, 0.1) is 17.1 Å². The standard InChI is InChI=1S/C10H8N4/c1-6-12-10-7-3-2-4-11-8(7)5-9(10)14-13-6/h2-4H,5H2,1H3. The molecule has 1 aliphatic carbocycles. The highest BCUT2D eigenvalue weighted by molar-refractivity contribution is 5.69. The second-order valence-corrected chi connectivity index (χ2v) is 3.33. The van der Waals surface area contributed by atoms with Crippen LogP contribution in [0.5, 0.6) is 0 Å². The monoisotopic (exact) mass is 184 g/mol. The van der Waals surface area contributed by atoms with E-state index >= 15 is 0 Å². The van der Waals surface area contributed by atoms with Crippen LogP contribution in [0.1, 0.15) is 17.2 Å². The smallest absolute Gasteiger partial charge is 0.148 e. The van der Waals surface area contributed by atoms with Crippen LogP contribution in [0, 0.1) is 6.92 Å². The molecule has 2 aromatic heterocycles. The van der Waals surface area contributed by atoms with Crippen molar-refractivity contribution in [1.82, 2.24) is 20.2 Å². The van der Waals surface area contributed by atoms with Crippen molar-refractivity contribution in [2.45, 2.75) is 13.3 Å². The van der Waals surface area contributed by atoms with Crippen molar-refractivity contribution in [3.05, 3.63) is 35.5 Å². The van der Waals surface area contributed by atoms with Gasteiger partial charge in [-0.1, -0.05) is 0 Å². The molecule has 1 aliphatic rings. The molecule has 0 N–H and O–H groups in total. The van der Waals surface area contributed by atoms with Crippen molar-refractivity contribution < 1.29 is 0 Å². The van der Waals surface area contributed by atoms with E-state index in [9.17, 15) is 0 Å². The molecule has 68 valence electrons. The van der Waals surface area contributed by atoms with Gasteiger partial charge in [-0.25, -0.2) is 4.98 Å². The zero-order valence-electron chi connectivity index (χ0n) is 7.73. The highest BCUT2D eigenvalue weighted by atomic mass is 15.2. The predicted octanol–water partition coefficient (Wildman–Crippen LogP) is 1.15. The van der Waals surface area contributed by atoms with E-state index in [0.29, 0.717) is 5.82 Å². The molecular weight excluding hydrogens is 176 g/mol. The van der Waals surface area contributed by atoms with E-state index in [-0.39, 0.29) is 0 Å². The second kappa shape index (κ2) is 2.57. The van der Waals surface area contributed by atoms with Crippen LogP contribution in [-0.4, -0.2) is 20.2 Å². The Morgan fingerprint density at radius 1 is 1.21 bits per heavy atom. The summed E-state index contributed by atoms with van der Waals surface area (Å²) in [6.07, 6.45) is 2.55. The Morgan fingerprint density at radius 3 is 3.07 bits per heavy atom. The van der Waals surface area contributed by atoms with E-state index in [1.165, 1.54) is 0 Å². The van der Waals surface area contributed by atoms with E-state index in [1.807, 2.05) is 19.1 Å². The van der Waals surface area contributed by atoms with Crippen molar-refractivity contribution >= 4 is 0 Å². The lowest BCUT2D eigenvalue weighted by Crippen LogP contribution is -1.97. The molecule has 14 heavy (non-hydrogen) atoms. The summed E-state index contributed by atoms with van der Waals surface area (Å²) in [5.74, 6) is 0.709. The minimum atomic E-state index is 0.709. The molecule has 0 atom stereocenters. The van der Waals surface area contributed by atoms with E-state index < -0.39 is 0 Å². The maximum Gasteiger partial charge on any atom is 0.148 e. The molecule has 0 aliphatic heterocycles. The van der Waals surface area contributed by atoms with Gasteiger partial charge < -0.3 is 0 Å². The average molecular weight is 184 g/mol. The molecule has 0 saturated heterocycles. The number of aryl methyl sites for hydroxylation is 1. The first-order chi connectivity index (χ1) is 6.84. The Morgan fingerprint density at radius 2 is 2.14 bits per heavy atom. The first-order valence-electron chi connectivity index (χ1n) is 4.49. The highest BCUT2D eigenvalue weighted by Gasteiger charge is 2.22. The summed E-state index contributed by atoms with van der Waals surface area (Å²) in [5.41, 5.74) is 4.03. The fourth-order valence-electron chi connectivity index (χ4n) is 1.72. The molecular formula is C10H8N4. The Bertz CT molecular complexity index is 507. The fourth-order valence-corrected chi connectivity index (χ4v) is 1.72. The molecule has 0 aromatic carbocycles. The summed E-state index contributed by atoms with van der Waals surface area (Å²) in [6, 6.07) is 3.95. The molecule has 0 saturated carbocycles. The van der Waals surface area contributed by atoms with Crippen LogP contribution < -0.4 is 0 Å². The third kappa shape index (κ3) is 0.937. The molecule has 0 fully saturated rings. The lowest BCUT2D eigenvalue weighted by Gasteiger charge is -1.97. The zero-order chi connectivity index (χ0) is 9.54. The number of fused-ring (bicyclic) bond motifs is 3. The molecule has 0 unspecified atom stereocenters. The molecule has 2 heterocycles. The molecule has 0 radical (unpaired) electrons. The molecule has 0 spiro atoms. The quantitative estimate of drug-likeness (QED) is 0.525. The van der Waals surface area contributed by atoms with E-state index in [0.717, 1.165) is 29.1 Å². The van der Waals surface area contributed by atoms with Gasteiger partial charge in [0.2, 0.25) is 0 Å². The Balaban J connectivity index is 2.30. The van der Waals surface area contributed by atoms with Crippen molar-refractivity contribution in [2.75, 3.05) is 0 Å². The summed E-state index contributed by atoms with van der Waals surface area (Å²) < 4.78 is 0. The molecule has 4 nitrogen and oxygen atoms in total. The van der Waals surface area contributed by atoms with E-state index in [2.05, 4.69) is 20.2 Å². The maximum atomic E-state index is 4.38. The van der Waals surface area contributed by atoms with Crippen LogP contribution in [0.2, 0.25) is 0 Å². The number of hydrogen-bond donors (Lipinski definition) is 0. The summed E-state index contributed by atoms with van der Waals surface area (Å²) in [6.45, 7) is 1.85. The van der Waals surface area contributed by atoms with Gasteiger partial charge in [-0.15, -0.1) is 5.10 Å². The van der Waals surface area contributed by atoms with Crippen LogP contribution in [-0.2, 0) is 6.42 Å². The lowest BCUT2D eigenvalue weighted by molar-refractivity contribution is 0.868. The molecule has 0 bridgehead atoms. The summed E-state index contributed by atoms with van der Waals surface area (Å²) in [7, 11) is 0. The van der Waals surface area contributed by atoms with Gasteiger partial charge in [0, 0.05) is 18.2 Å². The van der Waals surface area contributed by atoms with Gasteiger partial charge in [0.1, 0.15) is 5.82 Å². The predicted molar refractivity (Wildman–Crippen MR) is 50.6 cm³/mol. The van der Waals surface area contributed by atoms with Crippen molar-refractivity contribution in [1.29, 1.82) is 0 Å². The zero-order valence-corrected chi connectivity index (χ0v) is 7.73. The van der Waals surface area contributed by atoms with Crippen molar-refractivity contribution in [3.63, 3.8) is 0 Å². The number of aromatic nitrogens is 4. The maximum absolute atomic E-state index is 4.38. The molecule has 2 aromatic rings. The second-order valence-electron chi connectivity index (χ2n) is 3.33. The Labute approximate surface area is 81.1 Å². The van der Waals surface area contributed by atoms with Gasteiger partial charge in [0.25, 0.3) is 0 Å².